The van der Waals surface area contributed by atoms with Crippen LogP contribution in [0.3, 0.4) is 0 Å². The normalized spacial score (nSPS) is 14.9. The van der Waals surface area contributed by atoms with Crippen molar-refractivity contribution < 1.29 is 14.4 Å². The van der Waals surface area contributed by atoms with Crippen LogP contribution >= 0.6 is 58.2 Å². The zero-order chi connectivity index (χ0) is 38.5. The fourth-order valence-corrected chi connectivity index (χ4v) is 7.69. The van der Waals surface area contributed by atoms with Gasteiger partial charge in [-0.15, -0.1) is 11.6 Å². The Kier molecular flexibility index (Phi) is 16.7. The minimum Gasteiger partial charge on any atom is -0.368 e. The molecule has 2 unspecified atom stereocenters. The Hall–Kier alpha value is -2.95. The maximum atomic E-state index is 14.0. The largest absolute Gasteiger partial charge is 0.368 e. The van der Waals surface area contributed by atoms with Crippen LogP contribution in [0, 0.1) is 5.41 Å². The van der Waals surface area contributed by atoms with E-state index in [0.717, 1.165) is 24.2 Å². The van der Waals surface area contributed by atoms with Gasteiger partial charge in [0.15, 0.2) is 6.04 Å². The monoisotopic (exact) mass is 819 g/mol. The van der Waals surface area contributed by atoms with E-state index in [1.807, 2.05) is 32.9 Å². The zero-order valence-electron chi connectivity index (χ0n) is 30.7. The van der Waals surface area contributed by atoms with Gasteiger partial charge in [0, 0.05) is 32.4 Å². The Morgan fingerprint density at radius 2 is 1.40 bits per heavy atom. The molecule has 53 heavy (non-hydrogen) atoms. The van der Waals surface area contributed by atoms with Crippen molar-refractivity contribution in [1.82, 2.24) is 0 Å². The van der Waals surface area contributed by atoms with Crippen LogP contribution in [0.2, 0.25) is 15.1 Å². The summed E-state index contributed by atoms with van der Waals surface area (Å²) in [7, 11) is 0. The summed E-state index contributed by atoms with van der Waals surface area (Å²) < 4.78 is 0. The quantitative estimate of drug-likeness (QED) is 0.0876. The average molecular weight is 822 g/mol. The maximum absolute atomic E-state index is 14.0. The third kappa shape index (κ3) is 13.1. The van der Waals surface area contributed by atoms with Crippen LogP contribution in [-0.2, 0) is 14.4 Å². The van der Waals surface area contributed by atoms with E-state index in [0.29, 0.717) is 33.5 Å². The highest BCUT2D eigenvalue weighted by atomic mass is 35.5. The number of hydrogen-bond acceptors (Lipinski definition) is 6. The standard InChI is InChI=1S/C40H49Cl4N5O3S/c1-5-6-7-8-9-10-11-12-13-14-18-31(42)36(50)46-29-17-15-16-28(25-29)45-34-37(48-49(38(34)51)35-32(43)23-26(41)24-33(35)44)53-30-21-19-27(20-22-30)47-39(52)40(2,3)4/h15-17,19-25,31,34,45H,5-14,18H2,1-4H3,(H,46,50)(H,47,52). The molecule has 0 fully saturated rings. The van der Waals surface area contributed by atoms with E-state index >= 15 is 0 Å². The molecule has 0 saturated heterocycles. The lowest BCUT2D eigenvalue weighted by Gasteiger charge is -2.19. The first-order chi connectivity index (χ1) is 25.3. The summed E-state index contributed by atoms with van der Waals surface area (Å²) in [4.78, 5) is 40.3. The Morgan fingerprint density at radius 1 is 0.811 bits per heavy atom. The van der Waals surface area contributed by atoms with Crippen molar-refractivity contribution in [1.29, 1.82) is 0 Å². The van der Waals surface area contributed by atoms with E-state index in [4.69, 9.17) is 46.4 Å². The van der Waals surface area contributed by atoms with E-state index in [-0.39, 0.29) is 27.5 Å². The molecule has 1 heterocycles. The molecule has 8 nitrogen and oxygen atoms in total. The predicted octanol–water partition coefficient (Wildman–Crippen LogP) is 12.4. The highest BCUT2D eigenvalue weighted by Crippen LogP contribution is 2.40. The molecule has 3 N–H and O–H groups in total. The van der Waals surface area contributed by atoms with E-state index in [1.54, 1.807) is 36.4 Å². The minimum absolute atomic E-state index is 0.102. The number of hydrazone groups is 1. The number of alkyl halides is 1. The van der Waals surface area contributed by atoms with Crippen molar-refractivity contribution in [2.24, 2.45) is 10.5 Å². The first kappa shape index (κ1) is 42.8. The maximum Gasteiger partial charge on any atom is 0.276 e. The van der Waals surface area contributed by atoms with Gasteiger partial charge in [-0.25, -0.2) is 0 Å². The van der Waals surface area contributed by atoms with Crippen LogP contribution in [0.4, 0.5) is 22.7 Å². The first-order valence-electron chi connectivity index (χ1n) is 18.2. The van der Waals surface area contributed by atoms with Crippen LogP contribution in [0.1, 0.15) is 98.3 Å². The summed E-state index contributed by atoms with van der Waals surface area (Å²) in [5.41, 5.74) is 1.43. The van der Waals surface area contributed by atoms with Crippen LogP contribution in [0.15, 0.2) is 70.7 Å². The lowest BCUT2D eigenvalue weighted by molar-refractivity contribution is -0.123. The molecule has 286 valence electrons. The van der Waals surface area contributed by atoms with Crippen molar-refractivity contribution in [2.75, 3.05) is 21.0 Å². The molecule has 0 radical (unpaired) electrons. The van der Waals surface area contributed by atoms with Crippen molar-refractivity contribution in [3.05, 3.63) is 75.7 Å². The number of anilines is 4. The molecular weight excluding hydrogens is 772 g/mol. The number of nitrogens with zero attached hydrogens (tertiary/aromatic N) is 2. The molecule has 0 bridgehead atoms. The Balaban J connectivity index is 1.42. The molecule has 0 aliphatic carbocycles. The second kappa shape index (κ2) is 20.7. The predicted molar refractivity (Wildman–Crippen MR) is 225 cm³/mol. The number of rotatable bonds is 18. The zero-order valence-corrected chi connectivity index (χ0v) is 34.6. The van der Waals surface area contributed by atoms with Gasteiger partial charge in [0.1, 0.15) is 16.1 Å². The third-order valence-corrected chi connectivity index (χ3v) is 10.9. The van der Waals surface area contributed by atoms with Gasteiger partial charge in [-0.05, 0) is 61.0 Å². The van der Waals surface area contributed by atoms with Crippen LogP contribution in [0.5, 0.6) is 0 Å². The summed E-state index contributed by atoms with van der Waals surface area (Å²) in [6.07, 6.45) is 12.7. The molecular formula is C40H49Cl4N5O3S. The molecule has 13 heteroatoms. The first-order valence-corrected chi connectivity index (χ1v) is 20.6. The highest BCUT2D eigenvalue weighted by molar-refractivity contribution is 8.14. The molecule has 3 amide bonds. The molecule has 0 aromatic heterocycles. The van der Waals surface area contributed by atoms with Gasteiger partial charge in [0.25, 0.3) is 5.91 Å². The molecule has 1 aliphatic heterocycles. The van der Waals surface area contributed by atoms with E-state index in [1.165, 1.54) is 73.8 Å². The number of amides is 3. The Bertz CT molecular complexity index is 1730. The van der Waals surface area contributed by atoms with Crippen LogP contribution in [0.25, 0.3) is 0 Å². The van der Waals surface area contributed by atoms with Gasteiger partial charge >= 0.3 is 0 Å². The van der Waals surface area contributed by atoms with E-state index < -0.39 is 22.7 Å². The minimum atomic E-state index is -0.925. The number of nitrogens with one attached hydrogen (secondary N) is 3. The fraction of sp³-hybridized carbons (Fsp3) is 0.450. The van der Waals surface area contributed by atoms with Crippen molar-refractivity contribution in [3.8, 4) is 0 Å². The summed E-state index contributed by atoms with van der Waals surface area (Å²) in [6.45, 7) is 7.77. The number of halogens is 4. The van der Waals surface area contributed by atoms with E-state index in [9.17, 15) is 14.4 Å². The van der Waals surface area contributed by atoms with Gasteiger partial charge in [-0.3, -0.25) is 14.4 Å². The highest BCUT2D eigenvalue weighted by Gasteiger charge is 2.39. The SMILES string of the molecule is CCCCCCCCCCCCC(Cl)C(=O)Nc1cccc(NC2C(=O)N(c3c(Cl)cc(Cl)cc3Cl)N=C2Sc2ccc(NC(=O)C(C)(C)C)cc2)c1. The lowest BCUT2D eigenvalue weighted by atomic mass is 9.95. The summed E-state index contributed by atoms with van der Waals surface area (Å²) in [6, 6.07) is 16.4. The second-order valence-electron chi connectivity index (χ2n) is 14.2. The molecule has 3 aromatic rings. The summed E-state index contributed by atoms with van der Waals surface area (Å²) in [5.74, 6) is -0.788. The van der Waals surface area contributed by atoms with Gasteiger partial charge < -0.3 is 16.0 Å². The van der Waals surface area contributed by atoms with Gasteiger partial charge in [0.2, 0.25) is 11.8 Å². The second-order valence-corrected chi connectivity index (χ2v) is 17.1. The number of carbonyl (C=O) groups excluding carboxylic acids is 3. The van der Waals surface area contributed by atoms with Gasteiger partial charge in [0.05, 0.1) is 10.0 Å². The van der Waals surface area contributed by atoms with Crippen LogP contribution in [-0.4, -0.2) is 34.2 Å². The fourth-order valence-electron chi connectivity index (χ4n) is 5.60. The lowest BCUT2D eigenvalue weighted by Crippen LogP contribution is -2.37. The summed E-state index contributed by atoms with van der Waals surface area (Å²) >= 11 is 27.0. The third-order valence-electron chi connectivity index (χ3n) is 8.65. The van der Waals surface area contributed by atoms with Gasteiger partial charge in [-0.2, -0.15) is 10.1 Å². The molecule has 4 rings (SSSR count). The number of hydrogen-bond donors (Lipinski definition) is 3. The molecule has 3 aromatic carbocycles. The van der Waals surface area contributed by atoms with Gasteiger partial charge in [-0.1, -0.05) is 145 Å². The Labute approximate surface area is 338 Å². The Morgan fingerprint density at radius 3 is 2.00 bits per heavy atom. The summed E-state index contributed by atoms with van der Waals surface area (Å²) in [5, 5.41) is 15.4. The molecule has 1 aliphatic rings. The van der Waals surface area contributed by atoms with E-state index in [2.05, 4.69) is 28.0 Å². The average Bonchev–Trinajstić information content (AvgIpc) is 3.38. The molecule has 0 spiro atoms. The topological polar surface area (TPSA) is 103 Å². The van der Waals surface area contributed by atoms with Crippen molar-refractivity contribution >= 4 is 104 Å². The number of benzene rings is 3. The van der Waals surface area contributed by atoms with Crippen molar-refractivity contribution in [2.45, 2.75) is 115 Å². The smallest absolute Gasteiger partial charge is 0.276 e. The molecule has 2 atom stereocenters. The number of unbranched alkanes of at least 4 members (excludes halogenated alkanes) is 9. The van der Waals surface area contributed by atoms with Crippen LogP contribution < -0.4 is 21.0 Å². The molecule has 0 saturated carbocycles. The number of carbonyl (C=O) groups is 3. The number of thioether (sulfide) groups is 1. The van der Waals surface area contributed by atoms with Crippen molar-refractivity contribution in [3.63, 3.8) is 0 Å².